The lowest BCUT2D eigenvalue weighted by atomic mass is 10.1. The molecule has 2 rings (SSSR count). The van der Waals surface area contributed by atoms with Crippen LogP contribution >= 0.6 is 11.6 Å². The van der Waals surface area contributed by atoms with Gasteiger partial charge in [-0.1, -0.05) is 43.3 Å². The molecule has 2 aromatic rings. The summed E-state index contributed by atoms with van der Waals surface area (Å²) in [6, 6.07) is 11.9. The summed E-state index contributed by atoms with van der Waals surface area (Å²) in [5.41, 5.74) is 6.10. The third kappa shape index (κ3) is 7.71. The standard InChI is InChI=1S/C12H18N2O.C10H12ClNO/c1-4-13-8-11(15)14-12-9(2)6-5-7-10(12)3;1-7-4-3-5-8(2)10(7)12-9(13)6-11/h5-7,13H,4,8H2,1-3H3,(H,14,15);3-5H,6H2,1-2H3,(H,12,13). The van der Waals surface area contributed by atoms with Crippen molar-refractivity contribution in [2.45, 2.75) is 34.6 Å². The van der Waals surface area contributed by atoms with E-state index < -0.39 is 0 Å². The number of benzene rings is 2. The van der Waals surface area contributed by atoms with Crippen molar-refractivity contribution in [2.24, 2.45) is 0 Å². The van der Waals surface area contributed by atoms with Crippen LogP contribution in [0.3, 0.4) is 0 Å². The molecule has 0 heterocycles. The highest BCUT2D eigenvalue weighted by Crippen LogP contribution is 2.19. The average Bonchev–Trinajstić information content (AvgIpc) is 2.66. The van der Waals surface area contributed by atoms with Crippen LogP contribution in [0.4, 0.5) is 11.4 Å². The highest BCUT2D eigenvalue weighted by atomic mass is 35.5. The second kappa shape index (κ2) is 12.2. The maximum Gasteiger partial charge on any atom is 0.239 e. The summed E-state index contributed by atoms with van der Waals surface area (Å²) in [7, 11) is 0. The Hall–Kier alpha value is -2.37. The summed E-state index contributed by atoms with van der Waals surface area (Å²) < 4.78 is 0. The molecule has 0 atom stereocenters. The number of likely N-dealkylation sites (N-methyl/N-ethyl adjacent to an activating group) is 1. The lowest BCUT2D eigenvalue weighted by molar-refractivity contribution is -0.115. The van der Waals surface area contributed by atoms with E-state index in [1.165, 1.54) is 0 Å². The summed E-state index contributed by atoms with van der Waals surface area (Å²) in [4.78, 5) is 22.5. The number of amides is 2. The molecule has 28 heavy (non-hydrogen) atoms. The summed E-state index contributed by atoms with van der Waals surface area (Å²) in [6.07, 6.45) is 0. The largest absolute Gasteiger partial charge is 0.325 e. The first-order chi connectivity index (χ1) is 13.3. The fourth-order valence-corrected chi connectivity index (χ4v) is 2.69. The Bertz CT molecular complexity index is 766. The van der Waals surface area contributed by atoms with Crippen molar-refractivity contribution < 1.29 is 9.59 Å². The van der Waals surface area contributed by atoms with Crippen LogP contribution in [0, 0.1) is 27.7 Å². The zero-order valence-corrected chi connectivity index (χ0v) is 18.0. The molecule has 0 spiro atoms. The van der Waals surface area contributed by atoms with Crippen molar-refractivity contribution in [1.82, 2.24) is 5.32 Å². The van der Waals surface area contributed by atoms with Gasteiger partial charge in [-0.15, -0.1) is 11.6 Å². The van der Waals surface area contributed by atoms with E-state index in [2.05, 4.69) is 16.0 Å². The van der Waals surface area contributed by atoms with Gasteiger partial charge in [0, 0.05) is 11.4 Å². The Kier molecular flexibility index (Phi) is 10.3. The molecule has 0 aliphatic carbocycles. The minimum absolute atomic E-state index is 0.00618. The van der Waals surface area contributed by atoms with Crippen molar-refractivity contribution in [3.63, 3.8) is 0 Å². The molecule has 0 bridgehead atoms. The highest BCUT2D eigenvalue weighted by Gasteiger charge is 2.06. The number of anilines is 2. The molecule has 0 radical (unpaired) electrons. The second-order valence-electron chi connectivity index (χ2n) is 6.54. The molecule has 5 nitrogen and oxygen atoms in total. The topological polar surface area (TPSA) is 70.2 Å². The van der Waals surface area contributed by atoms with Gasteiger partial charge < -0.3 is 16.0 Å². The van der Waals surface area contributed by atoms with Gasteiger partial charge in [0.2, 0.25) is 11.8 Å². The van der Waals surface area contributed by atoms with Crippen LogP contribution in [0.2, 0.25) is 0 Å². The number of aryl methyl sites for hydroxylation is 4. The fourth-order valence-electron chi connectivity index (χ4n) is 2.62. The molecule has 0 saturated heterocycles. The monoisotopic (exact) mass is 403 g/mol. The van der Waals surface area contributed by atoms with Crippen LogP contribution < -0.4 is 16.0 Å². The van der Waals surface area contributed by atoms with Crippen molar-refractivity contribution in [2.75, 3.05) is 29.6 Å². The molecule has 0 fully saturated rings. The molecular weight excluding hydrogens is 374 g/mol. The zero-order valence-electron chi connectivity index (χ0n) is 17.3. The van der Waals surface area contributed by atoms with E-state index in [0.717, 1.165) is 40.2 Å². The quantitative estimate of drug-likeness (QED) is 0.628. The predicted molar refractivity (Wildman–Crippen MR) is 118 cm³/mol. The SMILES string of the molecule is CCNCC(=O)Nc1c(C)cccc1C.Cc1cccc(C)c1NC(=O)CCl. The summed E-state index contributed by atoms with van der Waals surface area (Å²) in [6.45, 7) is 11.1. The molecule has 6 heteroatoms. The Labute approximate surface area is 172 Å². The Morgan fingerprint density at radius 2 is 1.18 bits per heavy atom. The van der Waals surface area contributed by atoms with Crippen LogP contribution in [-0.4, -0.2) is 30.8 Å². The van der Waals surface area contributed by atoms with E-state index in [1.807, 2.05) is 71.0 Å². The molecule has 0 aromatic heterocycles. The zero-order chi connectivity index (χ0) is 21.1. The molecule has 0 saturated carbocycles. The molecular formula is C22H30ClN3O2. The van der Waals surface area contributed by atoms with E-state index in [1.54, 1.807) is 0 Å². The van der Waals surface area contributed by atoms with E-state index >= 15 is 0 Å². The average molecular weight is 404 g/mol. The molecule has 2 amide bonds. The summed E-state index contributed by atoms with van der Waals surface area (Å²) >= 11 is 5.39. The normalized spacial score (nSPS) is 9.93. The van der Waals surface area contributed by atoms with Gasteiger partial charge in [-0.2, -0.15) is 0 Å². The van der Waals surface area contributed by atoms with Crippen LogP contribution in [0.5, 0.6) is 0 Å². The first kappa shape index (κ1) is 23.7. The first-order valence-electron chi connectivity index (χ1n) is 9.28. The molecule has 2 aromatic carbocycles. The number of halogens is 1. The Morgan fingerprint density at radius 1 is 0.786 bits per heavy atom. The third-order valence-electron chi connectivity index (χ3n) is 4.15. The highest BCUT2D eigenvalue weighted by molar-refractivity contribution is 6.29. The van der Waals surface area contributed by atoms with E-state index in [0.29, 0.717) is 6.54 Å². The number of hydrogen-bond donors (Lipinski definition) is 3. The van der Waals surface area contributed by atoms with Crippen LogP contribution in [0.1, 0.15) is 29.2 Å². The minimum atomic E-state index is -0.168. The van der Waals surface area contributed by atoms with Gasteiger partial charge in [0.05, 0.1) is 6.54 Å². The van der Waals surface area contributed by atoms with Gasteiger partial charge in [-0.05, 0) is 56.5 Å². The minimum Gasteiger partial charge on any atom is -0.325 e. The molecule has 0 unspecified atom stereocenters. The third-order valence-corrected chi connectivity index (χ3v) is 4.39. The van der Waals surface area contributed by atoms with Gasteiger partial charge in [-0.25, -0.2) is 0 Å². The second-order valence-corrected chi connectivity index (χ2v) is 6.81. The Morgan fingerprint density at radius 3 is 1.54 bits per heavy atom. The lowest BCUT2D eigenvalue weighted by Gasteiger charge is -2.11. The van der Waals surface area contributed by atoms with E-state index in [-0.39, 0.29) is 17.7 Å². The summed E-state index contributed by atoms with van der Waals surface area (Å²) in [5.74, 6) is -0.165. The van der Waals surface area contributed by atoms with Gasteiger partial charge in [0.1, 0.15) is 5.88 Å². The van der Waals surface area contributed by atoms with Gasteiger partial charge in [-0.3, -0.25) is 9.59 Å². The molecule has 3 N–H and O–H groups in total. The molecule has 0 aliphatic rings. The van der Waals surface area contributed by atoms with Crippen LogP contribution in [0.25, 0.3) is 0 Å². The van der Waals surface area contributed by atoms with Crippen molar-refractivity contribution in [1.29, 1.82) is 0 Å². The maximum atomic E-state index is 11.5. The number of rotatable bonds is 6. The molecule has 152 valence electrons. The van der Waals surface area contributed by atoms with E-state index in [9.17, 15) is 9.59 Å². The maximum absolute atomic E-state index is 11.5. The lowest BCUT2D eigenvalue weighted by Crippen LogP contribution is -2.28. The number of carbonyl (C=O) groups excluding carboxylic acids is 2. The first-order valence-corrected chi connectivity index (χ1v) is 9.82. The van der Waals surface area contributed by atoms with Crippen molar-refractivity contribution in [3.05, 3.63) is 58.7 Å². The smallest absolute Gasteiger partial charge is 0.239 e. The Balaban J connectivity index is 0.000000283. The van der Waals surface area contributed by atoms with Crippen LogP contribution in [-0.2, 0) is 9.59 Å². The summed E-state index contributed by atoms with van der Waals surface area (Å²) in [5, 5.41) is 8.66. The number of para-hydroxylation sites is 2. The molecule has 0 aliphatic heterocycles. The van der Waals surface area contributed by atoms with Gasteiger partial charge >= 0.3 is 0 Å². The van der Waals surface area contributed by atoms with Gasteiger partial charge in [0.25, 0.3) is 0 Å². The van der Waals surface area contributed by atoms with Gasteiger partial charge in [0.15, 0.2) is 0 Å². The van der Waals surface area contributed by atoms with Crippen molar-refractivity contribution >= 4 is 34.8 Å². The number of alkyl halides is 1. The van der Waals surface area contributed by atoms with Crippen molar-refractivity contribution in [3.8, 4) is 0 Å². The fraction of sp³-hybridized carbons (Fsp3) is 0.364. The number of carbonyl (C=O) groups is 2. The van der Waals surface area contributed by atoms with Crippen LogP contribution in [0.15, 0.2) is 36.4 Å². The number of hydrogen-bond acceptors (Lipinski definition) is 3. The predicted octanol–water partition coefficient (Wildman–Crippen LogP) is 4.33. The van der Waals surface area contributed by atoms with E-state index in [4.69, 9.17) is 11.6 Å². The number of nitrogens with one attached hydrogen (secondary N) is 3.